The van der Waals surface area contributed by atoms with Crippen LogP contribution in [0.1, 0.15) is 56.3 Å². The molecule has 3 unspecified atom stereocenters. The number of aromatic hydroxyl groups is 1. The number of carbonyl (C=O) groups excluding carboxylic acids is 3. The first kappa shape index (κ1) is 32.8. The van der Waals surface area contributed by atoms with Gasteiger partial charge in [0.2, 0.25) is 5.12 Å². The number of fused-ring (bicyclic) bond motifs is 5. The molecule has 4 aliphatic carbocycles. The molecule has 0 aromatic heterocycles. The van der Waals surface area contributed by atoms with Crippen molar-refractivity contribution < 1.29 is 33.7 Å². The average molecular weight is 682 g/mol. The van der Waals surface area contributed by atoms with E-state index in [0.717, 1.165) is 21.6 Å². The van der Waals surface area contributed by atoms with Gasteiger partial charge in [-0.1, -0.05) is 53.7 Å². The number of ketones is 1. The number of phenols is 1. The molecule has 2 N–H and O–H groups in total. The number of hydrogen-bond acceptors (Lipinski definition) is 9. The molecule has 240 valence electrons. The lowest BCUT2D eigenvalue weighted by molar-refractivity contribution is -0.214. The minimum Gasteiger partial charge on any atom is -0.506 e. The molecule has 4 aliphatic rings. The molecule has 3 fully saturated rings. The van der Waals surface area contributed by atoms with Crippen LogP contribution in [0.3, 0.4) is 0 Å². The van der Waals surface area contributed by atoms with Crippen molar-refractivity contribution in [2.24, 2.45) is 22.7 Å². The smallest absolute Gasteiger partial charge is 0.339 e. The number of esters is 1. The fraction of sp³-hybridized carbons (Fsp3) is 0.429. The molecule has 3 saturated carbocycles. The van der Waals surface area contributed by atoms with E-state index in [2.05, 4.69) is 0 Å². The van der Waals surface area contributed by atoms with Gasteiger partial charge in [-0.2, -0.15) is 5.26 Å². The second-order valence-corrected chi connectivity index (χ2v) is 15.5. The Labute approximate surface area is 280 Å². The van der Waals surface area contributed by atoms with Crippen LogP contribution in [0, 0.1) is 34.0 Å². The lowest BCUT2D eigenvalue weighted by Crippen LogP contribution is -2.69. The number of aliphatic hydroxyl groups excluding tert-OH is 1. The van der Waals surface area contributed by atoms with Crippen molar-refractivity contribution in [3.05, 3.63) is 76.9 Å². The predicted molar refractivity (Wildman–Crippen MR) is 173 cm³/mol. The van der Waals surface area contributed by atoms with Crippen molar-refractivity contribution in [2.45, 2.75) is 73.1 Å². The summed E-state index contributed by atoms with van der Waals surface area (Å²) >= 11 is 8.19. The molecule has 11 heteroatoms. The van der Waals surface area contributed by atoms with Gasteiger partial charge in [0.05, 0.1) is 28.5 Å². The van der Waals surface area contributed by atoms with Gasteiger partial charge in [-0.05, 0) is 99.6 Å². The number of rotatable bonds is 6. The summed E-state index contributed by atoms with van der Waals surface area (Å²) in [4.78, 5) is 41.5. The second kappa shape index (κ2) is 11.9. The first-order valence-corrected chi connectivity index (χ1v) is 17.3. The highest BCUT2D eigenvalue weighted by atomic mass is 35.5. The molecule has 0 amide bonds. The molecule has 0 saturated heterocycles. The zero-order chi connectivity index (χ0) is 33.1. The Morgan fingerprint density at radius 3 is 2.54 bits per heavy atom. The van der Waals surface area contributed by atoms with E-state index in [0.29, 0.717) is 24.8 Å². The third-order valence-corrected chi connectivity index (χ3v) is 13.0. The Hall–Kier alpha value is -3.10. The molecule has 0 bridgehead atoms. The molecule has 0 radical (unpaired) electrons. The van der Waals surface area contributed by atoms with Crippen molar-refractivity contribution in [2.75, 3.05) is 5.75 Å². The number of phenolic OH excluding ortho intramolecular Hbond substituents is 1. The summed E-state index contributed by atoms with van der Waals surface area (Å²) in [5.41, 5.74) is -5.20. The fourth-order valence-corrected chi connectivity index (χ4v) is 10.4. The number of nitrogens with zero attached hydrogens (tertiary/aromatic N) is 1. The van der Waals surface area contributed by atoms with Gasteiger partial charge in [-0.25, -0.2) is 9.18 Å². The first-order valence-electron chi connectivity index (χ1n) is 15.1. The van der Waals surface area contributed by atoms with Crippen LogP contribution < -0.4 is 0 Å². The Kier molecular flexibility index (Phi) is 8.46. The number of alkyl halides is 1. The molecular weight excluding hydrogens is 649 g/mol. The third-order valence-electron chi connectivity index (χ3n) is 10.9. The van der Waals surface area contributed by atoms with E-state index in [4.69, 9.17) is 16.3 Å². The monoisotopic (exact) mass is 681 g/mol. The van der Waals surface area contributed by atoms with Gasteiger partial charge in [0.25, 0.3) is 0 Å². The highest BCUT2D eigenvalue weighted by Gasteiger charge is 2.75. The molecule has 0 heterocycles. The SMILES string of the molecule is C[C@]12C=CC(=O)C=C1CCC1C3CC[C@](OC(=O)c4ccc(Sc5ccc(O)c(Cl)c5)cc4)(C(=O)SCC#N)[C@@]3(C)C[C@H](O)C12F. The van der Waals surface area contributed by atoms with E-state index < -0.39 is 51.1 Å². The Balaban J connectivity index is 1.31. The minimum absolute atomic E-state index is 0.0207. The van der Waals surface area contributed by atoms with Crippen molar-refractivity contribution in [1.82, 2.24) is 0 Å². The highest BCUT2D eigenvalue weighted by Crippen LogP contribution is 2.70. The van der Waals surface area contributed by atoms with Gasteiger partial charge in [0.15, 0.2) is 17.1 Å². The van der Waals surface area contributed by atoms with Crippen LogP contribution in [-0.2, 0) is 14.3 Å². The normalized spacial score (nSPS) is 34.5. The predicted octanol–water partition coefficient (Wildman–Crippen LogP) is 7.25. The van der Waals surface area contributed by atoms with Crippen LogP contribution >= 0.6 is 35.1 Å². The van der Waals surface area contributed by atoms with E-state index in [1.54, 1.807) is 49.4 Å². The summed E-state index contributed by atoms with van der Waals surface area (Å²) in [7, 11) is 0. The summed E-state index contributed by atoms with van der Waals surface area (Å²) in [5.74, 6) is -2.14. The van der Waals surface area contributed by atoms with Crippen molar-refractivity contribution >= 4 is 52.0 Å². The van der Waals surface area contributed by atoms with Crippen molar-refractivity contribution in [3.63, 3.8) is 0 Å². The van der Waals surface area contributed by atoms with E-state index in [9.17, 15) is 29.9 Å². The Bertz CT molecular complexity index is 1720. The van der Waals surface area contributed by atoms with E-state index in [-0.39, 0.29) is 40.7 Å². The molecule has 0 aliphatic heterocycles. The zero-order valence-electron chi connectivity index (χ0n) is 25.3. The van der Waals surface area contributed by atoms with Crippen LogP contribution in [0.25, 0.3) is 0 Å². The van der Waals surface area contributed by atoms with E-state index in [1.165, 1.54) is 30.0 Å². The average Bonchev–Trinajstić information content (AvgIpc) is 3.31. The Morgan fingerprint density at radius 1 is 1.13 bits per heavy atom. The first-order chi connectivity index (χ1) is 21.8. The largest absolute Gasteiger partial charge is 0.506 e. The molecule has 6 rings (SSSR count). The molecule has 46 heavy (non-hydrogen) atoms. The van der Waals surface area contributed by atoms with Gasteiger partial charge in [0, 0.05) is 26.5 Å². The minimum atomic E-state index is -2.09. The number of ether oxygens (including phenoxy) is 1. The third kappa shape index (κ3) is 4.93. The number of carbonyl (C=O) groups is 3. The molecule has 7 atom stereocenters. The maximum absolute atomic E-state index is 17.6. The molecular formula is C35H33ClFNO6S2. The number of allylic oxidation sites excluding steroid dienone is 4. The summed E-state index contributed by atoms with van der Waals surface area (Å²) in [6.45, 7) is 3.54. The fourth-order valence-electron chi connectivity index (χ4n) is 8.52. The maximum atomic E-state index is 17.6. The summed E-state index contributed by atoms with van der Waals surface area (Å²) in [6.07, 6.45) is 4.18. The van der Waals surface area contributed by atoms with E-state index >= 15 is 4.39 Å². The van der Waals surface area contributed by atoms with Gasteiger partial charge in [-0.3, -0.25) is 9.59 Å². The number of hydrogen-bond donors (Lipinski definition) is 2. The van der Waals surface area contributed by atoms with Gasteiger partial charge >= 0.3 is 5.97 Å². The van der Waals surface area contributed by atoms with Crippen LogP contribution in [0.4, 0.5) is 4.39 Å². The number of benzene rings is 2. The van der Waals surface area contributed by atoms with E-state index in [1.807, 2.05) is 13.0 Å². The molecule has 7 nitrogen and oxygen atoms in total. The molecule has 2 aromatic rings. The van der Waals surface area contributed by atoms with Crippen LogP contribution in [0.5, 0.6) is 5.75 Å². The number of halogens is 2. The summed E-state index contributed by atoms with van der Waals surface area (Å²) < 4.78 is 23.8. The lowest BCUT2D eigenvalue weighted by atomic mass is 9.45. The molecule has 2 aromatic carbocycles. The van der Waals surface area contributed by atoms with Crippen molar-refractivity contribution in [1.29, 1.82) is 5.26 Å². The standard InChI is InChI=1S/C35H33ClFNO6S2/c1-32-13-11-22(39)17-21(32)5-9-26-25-12-14-34(31(43)45-16-15-38,33(25,2)19-29(41)35(26,32)37)44-30(42)20-3-6-23(7-4-20)46-24-8-10-28(40)27(36)18-24/h3-4,6-8,10-11,13,17-18,25-26,29,40-41H,5,9,12,14,16,19H2,1-2H3/t25?,26?,29-,32-,33-,34-,35?/m0/s1. The van der Waals surface area contributed by atoms with Crippen LogP contribution in [0.2, 0.25) is 5.02 Å². The molecule has 0 spiro atoms. The van der Waals surface area contributed by atoms with Gasteiger partial charge in [-0.15, -0.1) is 0 Å². The van der Waals surface area contributed by atoms with Gasteiger partial charge in [0.1, 0.15) is 5.75 Å². The summed E-state index contributed by atoms with van der Waals surface area (Å²) in [5, 5.41) is 30.4. The van der Waals surface area contributed by atoms with Crippen LogP contribution in [-0.4, -0.2) is 50.2 Å². The highest BCUT2D eigenvalue weighted by molar-refractivity contribution is 8.14. The number of aliphatic hydroxyl groups is 1. The maximum Gasteiger partial charge on any atom is 0.339 e. The number of thioether (sulfide) groups is 1. The quantitative estimate of drug-likeness (QED) is 0.304. The number of nitriles is 1. The Morgan fingerprint density at radius 2 is 1.85 bits per heavy atom. The van der Waals surface area contributed by atoms with Crippen LogP contribution in [0.15, 0.2) is 76.1 Å². The zero-order valence-corrected chi connectivity index (χ0v) is 27.7. The second-order valence-electron chi connectivity index (χ2n) is 13.0. The topological polar surface area (TPSA) is 125 Å². The van der Waals surface area contributed by atoms with Gasteiger partial charge < -0.3 is 14.9 Å². The summed E-state index contributed by atoms with van der Waals surface area (Å²) in [6, 6.07) is 13.5. The van der Waals surface area contributed by atoms with Crippen molar-refractivity contribution in [3.8, 4) is 11.8 Å². The lowest BCUT2D eigenvalue weighted by Gasteiger charge is -2.62.